The summed E-state index contributed by atoms with van der Waals surface area (Å²) in [5, 5.41) is 0. The lowest BCUT2D eigenvalue weighted by molar-refractivity contribution is -0.201. The Morgan fingerprint density at radius 3 is 2.23 bits per heavy atom. The Labute approximate surface area is 133 Å². The first-order chi connectivity index (χ1) is 10.8. The van der Waals surface area contributed by atoms with Crippen molar-refractivity contribution >= 4 is 0 Å². The van der Waals surface area contributed by atoms with Crippen LogP contribution in [-0.2, 0) is 23.7 Å². The van der Waals surface area contributed by atoms with Crippen LogP contribution in [0, 0.1) is 11.3 Å². The zero-order chi connectivity index (χ0) is 15.3. The molecular formula is C17H30O5. The summed E-state index contributed by atoms with van der Waals surface area (Å²) in [5.41, 5.74) is 0.125. The first-order valence-electron chi connectivity index (χ1n) is 8.68. The molecule has 0 bridgehead atoms. The molecule has 0 radical (unpaired) electrons. The molecule has 3 rings (SSSR count). The van der Waals surface area contributed by atoms with Gasteiger partial charge in [-0.2, -0.15) is 0 Å². The summed E-state index contributed by atoms with van der Waals surface area (Å²) in [5.74, 6) is 0.350. The van der Waals surface area contributed by atoms with Crippen LogP contribution in [0.3, 0.4) is 0 Å². The molecule has 0 amide bonds. The van der Waals surface area contributed by atoms with Crippen LogP contribution in [0.15, 0.2) is 0 Å². The third kappa shape index (κ3) is 4.01. The van der Waals surface area contributed by atoms with Gasteiger partial charge in [-0.1, -0.05) is 0 Å². The highest BCUT2D eigenvalue weighted by Gasteiger charge is 2.46. The van der Waals surface area contributed by atoms with Gasteiger partial charge < -0.3 is 23.7 Å². The molecule has 1 saturated carbocycles. The van der Waals surface area contributed by atoms with Crippen molar-refractivity contribution in [1.29, 1.82) is 0 Å². The number of hydrogen-bond donors (Lipinski definition) is 0. The molecule has 2 saturated heterocycles. The van der Waals surface area contributed by atoms with E-state index >= 15 is 0 Å². The molecule has 5 heteroatoms. The second-order valence-electron chi connectivity index (χ2n) is 7.11. The Hall–Kier alpha value is -0.200. The number of methoxy groups -OCH3 is 1. The minimum atomic E-state index is -0.308. The van der Waals surface area contributed by atoms with Crippen molar-refractivity contribution in [3.05, 3.63) is 0 Å². The highest BCUT2D eigenvalue weighted by molar-refractivity contribution is 4.91. The minimum absolute atomic E-state index is 0.125. The monoisotopic (exact) mass is 314 g/mol. The fourth-order valence-corrected chi connectivity index (χ4v) is 3.94. The van der Waals surface area contributed by atoms with Gasteiger partial charge in [0.15, 0.2) is 5.79 Å². The summed E-state index contributed by atoms with van der Waals surface area (Å²) >= 11 is 0. The first kappa shape index (κ1) is 16.7. The SMILES string of the molecule is COCC1(COCC2CCOCC2)CCC2(CC1)OCCO2. The molecule has 1 spiro atoms. The molecule has 0 aromatic heterocycles. The molecule has 0 aromatic carbocycles. The third-order valence-corrected chi connectivity index (χ3v) is 5.44. The Morgan fingerprint density at radius 1 is 0.909 bits per heavy atom. The van der Waals surface area contributed by atoms with Crippen molar-refractivity contribution in [1.82, 2.24) is 0 Å². The van der Waals surface area contributed by atoms with E-state index < -0.39 is 0 Å². The maximum atomic E-state index is 6.10. The molecule has 0 N–H and O–H groups in total. The van der Waals surface area contributed by atoms with Gasteiger partial charge in [-0.3, -0.25) is 0 Å². The summed E-state index contributed by atoms with van der Waals surface area (Å²) in [6, 6.07) is 0. The molecule has 1 aliphatic carbocycles. The fraction of sp³-hybridized carbons (Fsp3) is 1.00. The molecule has 3 fully saturated rings. The van der Waals surface area contributed by atoms with E-state index in [1.54, 1.807) is 7.11 Å². The van der Waals surface area contributed by atoms with Crippen molar-refractivity contribution in [2.24, 2.45) is 11.3 Å². The molecule has 5 nitrogen and oxygen atoms in total. The van der Waals surface area contributed by atoms with Crippen molar-refractivity contribution in [3.8, 4) is 0 Å². The third-order valence-electron chi connectivity index (χ3n) is 5.44. The Balaban J connectivity index is 1.47. The van der Waals surface area contributed by atoms with Crippen LogP contribution >= 0.6 is 0 Å². The van der Waals surface area contributed by atoms with E-state index in [0.717, 1.165) is 84.8 Å². The van der Waals surface area contributed by atoms with Crippen molar-refractivity contribution in [2.45, 2.75) is 44.3 Å². The van der Waals surface area contributed by atoms with E-state index in [2.05, 4.69) is 0 Å². The smallest absolute Gasteiger partial charge is 0.168 e. The van der Waals surface area contributed by atoms with E-state index in [1.165, 1.54) is 0 Å². The molecule has 0 aromatic rings. The largest absolute Gasteiger partial charge is 0.384 e. The molecule has 22 heavy (non-hydrogen) atoms. The Morgan fingerprint density at radius 2 is 1.59 bits per heavy atom. The van der Waals surface area contributed by atoms with Crippen molar-refractivity contribution in [2.75, 3.05) is 53.4 Å². The van der Waals surface area contributed by atoms with Crippen molar-refractivity contribution in [3.63, 3.8) is 0 Å². The van der Waals surface area contributed by atoms with Gasteiger partial charge in [-0.05, 0) is 31.6 Å². The number of hydrogen-bond acceptors (Lipinski definition) is 5. The maximum Gasteiger partial charge on any atom is 0.168 e. The van der Waals surface area contributed by atoms with Gasteiger partial charge in [-0.25, -0.2) is 0 Å². The van der Waals surface area contributed by atoms with Crippen LogP contribution in [-0.4, -0.2) is 59.1 Å². The molecule has 0 atom stereocenters. The summed E-state index contributed by atoms with van der Waals surface area (Å²) in [7, 11) is 1.78. The van der Waals surface area contributed by atoms with E-state index in [4.69, 9.17) is 23.7 Å². The van der Waals surface area contributed by atoms with Gasteiger partial charge in [0.1, 0.15) is 0 Å². The zero-order valence-corrected chi connectivity index (χ0v) is 13.8. The van der Waals surface area contributed by atoms with Crippen LogP contribution in [0.5, 0.6) is 0 Å². The summed E-state index contributed by atoms with van der Waals surface area (Å²) in [4.78, 5) is 0. The molecule has 128 valence electrons. The van der Waals surface area contributed by atoms with Crippen LogP contribution < -0.4 is 0 Å². The first-order valence-corrected chi connectivity index (χ1v) is 8.68. The number of ether oxygens (including phenoxy) is 5. The van der Waals surface area contributed by atoms with Gasteiger partial charge in [0, 0.05) is 45.2 Å². The number of rotatable bonds is 6. The Kier molecular flexibility index (Phi) is 5.74. The van der Waals surface area contributed by atoms with Gasteiger partial charge >= 0.3 is 0 Å². The van der Waals surface area contributed by atoms with Gasteiger partial charge in [-0.15, -0.1) is 0 Å². The second-order valence-corrected chi connectivity index (χ2v) is 7.11. The van der Waals surface area contributed by atoms with Gasteiger partial charge in [0.2, 0.25) is 0 Å². The van der Waals surface area contributed by atoms with Gasteiger partial charge in [0.05, 0.1) is 26.4 Å². The topological polar surface area (TPSA) is 46.2 Å². The quantitative estimate of drug-likeness (QED) is 0.753. The average molecular weight is 314 g/mol. The standard InChI is InChI=1S/C17H30O5/c1-18-13-16(14-20-12-15-2-8-19-9-3-15)4-6-17(7-5-16)21-10-11-22-17/h15H,2-14H2,1H3. The van der Waals surface area contributed by atoms with Crippen LogP contribution in [0.4, 0.5) is 0 Å². The maximum absolute atomic E-state index is 6.10. The van der Waals surface area contributed by atoms with Gasteiger partial charge in [0.25, 0.3) is 0 Å². The Bertz CT molecular complexity index is 324. The van der Waals surface area contributed by atoms with Crippen LogP contribution in [0.25, 0.3) is 0 Å². The normalized spacial score (nSPS) is 28.2. The van der Waals surface area contributed by atoms with E-state index in [1.807, 2.05) is 0 Å². The molecule has 0 unspecified atom stereocenters. The molecule has 2 heterocycles. The zero-order valence-electron chi connectivity index (χ0n) is 13.8. The lowest BCUT2D eigenvalue weighted by atomic mass is 9.73. The predicted molar refractivity (Wildman–Crippen MR) is 81.8 cm³/mol. The van der Waals surface area contributed by atoms with Crippen LogP contribution in [0.1, 0.15) is 38.5 Å². The predicted octanol–water partition coefficient (Wildman–Crippen LogP) is 2.38. The summed E-state index contributed by atoms with van der Waals surface area (Å²) in [6.45, 7) is 5.63. The van der Waals surface area contributed by atoms with E-state index in [9.17, 15) is 0 Å². The van der Waals surface area contributed by atoms with Crippen LogP contribution in [0.2, 0.25) is 0 Å². The van der Waals surface area contributed by atoms with E-state index in [0.29, 0.717) is 5.92 Å². The lowest BCUT2D eigenvalue weighted by Gasteiger charge is -2.43. The highest BCUT2D eigenvalue weighted by atomic mass is 16.7. The fourth-order valence-electron chi connectivity index (χ4n) is 3.94. The lowest BCUT2D eigenvalue weighted by Crippen LogP contribution is -2.44. The second kappa shape index (κ2) is 7.58. The van der Waals surface area contributed by atoms with E-state index in [-0.39, 0.29) is 11.2 Å². The molecule has 3 aliphatic rings. The average Bonchev–Trinajstić information content (AvgIpc) is 3.01. The molecular weight excluding hydrogens is 284 g/mol. The minimum Gasteiger partial charge on any atom is -0.384 e. The summed E-state index contributed by atoms with van der Waals surface area (Å²) < 4.78 is 28.7. The highest BCUT2D eigenvalue weighted by Crippen LogP contribution is 2.45. The molecule has 2 aliphatic heterocycles. The summed E-state index contributed by atoms with van der Waals surface area (Å²) in [6.07, 6.45) is 6.27. The van der Waals surface area contributed by atoms with Crippen molar-refractivity contribution < 1.29 is 23.7 Å².